The van der Waals surface area contributed by atoms with Crippen LogP contribution in [0.5, 0.6) is 0 Å². The molecule has 0 fully saturated rings. The zero-order valence-electron chi connectivity index (χ0n) is 7.85. The predicted molar refractivity (Wildman–Crippen MR) is 44.7 cm³/mol. The summed E-state index contributed by atoms with van der Waals surface area (Å²) >= 11 is 0. The van der Waals surface area contributed by atoms with Crippen LogP contribution in [-0.4, -0.2) is 30.3 Å². The number of nitrogens with zero attached hydrogens (tertiary/aromatic N) is 2. The van der Waals surface area contributed by atoms with E-state index >= 15 is 0 Å². The van der Waals surface area contributed by atoms with Gasteiger partial charge >= 0.3 is 0 Å². The molecule has 0 N–H and O–H groups in total. The first-order valence-corrected chi connectivity index (χ1v) is 3.88. The Morgan fingerprint density at radius 1 is 1.77 bits per heavy atom. The molecule has 1 atom stereocenters. The van der Waals surface area contributed by atoms with Gasteiger partial charge in [0.05, 0.1) is 18.7 Å². The summed E-state index contributed by atoms with van der Waals surface area (Å²) in [5.74, 6) is -0.500. The average molecular weight is 184 g/mol. The van der Waals surface area contributed by atoms with Crippen molar-refractivity contribution in [3.63, 3.8) is 0 Å². The Morgan fingerprint density at radius 2 is 2.46 bits per heavy atom. The largest absolute Gasteiger partial charge is 0.364 e. The molecular formula is C8H12N2O3. The molecular weight excluding hydrogens is 172 g/mol. The standard InChI is InChI=1S/C8H12N2O3/c1-6(7-4-5-13-9-7)8(11)10(2)12-3/h4-6H,1-3H3. The maximum absolute atomic E-state index is 11.5. The summed E-state index contributed by atoms with van der Waals surface area (Å²) in [7, 11) is 2.99. The lowest BCUT2D eigenvalue weighted by Gasteiger charge is -2.16. The summed E-state index contributed by atoms with van der Waals surface area (Å²) in [5, 5.41) is 4.84. The van der Waals surface area contributed by atoms with E-state index in [9.17, 15) is 4.79 Å². The van der Waals surface area contributed by atoms with Gasteiger partial charge in [0.15, 0.2) is 0 Å². The maximum atomic E-state index is 11.5. The van der Waals surface area contributed by atoms with Crippen LogP contribution in [0.4, 0.5) is 0 Å². The van der Waals surface area contributed by atoms with E-state index in [0.29, 0.717) is 5.69 Å². The maximum Gasteiger partial charge on any atom is 0.254 e. The van der Waals surface area contributed by atoms with E-state index in [1.54, 1.807) is 20.0 Å². The molecule has 13 heavy (non-hydrogen) atoms. The molecule has 0 aliphatic heterocycles. The summed E-state index contributed by atoms with van der Waals surface area (Å²) in [5.41, 5.74) is 0.605. The zero-order chi connectivity index (χ0) is 9.84. The summed E-state index contributed by atoms with van der Waals surface area (Å²) < 4.78 is 4.64. The second-order valence-electron chi connectivity index (χ2n) is 2.66. The Labute approximate surface area is 76.2 Å². The molecule has 72 valence electrons. The Kier molecular flexibility index (Phi) is 3.02. The van der Waals surface area contributed by atoms with Gasteiger partial charge in [-0.2, -0.15) is 0 Å². The lowest BCUT2D eigenvalue weighted by Crippen LogP contribution is -2.29. The lowest BCUT2D eigenvalue weighted by atomic mass is 10.1. The SMILES string of the molecule is CON(C)C(=O)C(C)c1ccon1. The van der Waals surface area contributed by atoms with Gasteiger partial charge in [0, 0.05) is 13.1 Å². The van der Waals surface area contributed by atoms with Crippen molar-refractivity contribution in [2.75, 3.05) is 14.2 Å². The number of aromatic nitrogens is 1. The number of carbonyl (C=O) groups is 1. The van der Waals surface area contributed by atoms with Crippen LogP contribution in [-0.2, 0) is 9.63 Å². The smallest absolute Gasteiger partial charge is 0.254 e. The van der Waals surface area contributed by atoms with E-state index < -0.39 is 0 Å². The molecule has 0 spiro atoms. The van der Waals surface area contributed by atoms with Gasteiger partial charge in [0.2, 0.25) is 0 Å². The van der Waals surface area contributed by atoms with Gasteiger partial charge in [-0.1, -0.05) is 5.16 Å². The van der Waals surface area contributed by atoms with Crippen LogP contribution in [0.1, 0.15) is 18.5 Å². The topological polar surface area (TPSA) is 55.6 Å². The highest BCUT2D eigenvalue weighted by atomic mass is 16.7. The van der Waals surface area contributed by atoms with Crippen molar-refractivity contribution >= 4 is 5.91 Å². The van der Waals surface area contributed by atoms with Gasteiger partial charge in [-0.05, 0) is 6.92 Å². The highest BCUT2D eigenvalue weighted by molar-refractivity contribution is 5.81. The van der Waals surface area contributed by atoms with Crippen molar-refractivity contribution in [3.05, 3.63) is 18.0 Å². The van der Waals surface area contributed by atoms with Crippen LogP contribution in [0, 0.1) is 0 Å². The molecule has 0 aromatic carbocycles. The van der Waals surface area contributed by atoms with Crippen molar-refractivity contribution < 1.29 is 14.2 Å². The molecule has 0 saturated heterocycles. The third-order valence-electron chi connectivity index (χ3n) is 1.86. The number of likely N-dealkylation sites (N-methyl/N-ethyl adjacent to an activating group) is 1. The zero-order valence-corrected chi connectivity index (χ0v) is 7.85. The third kappa shape index (κ3) is 2.06. The first-order valence-electron chi connectivity index (χ1n) is 3.88. The quantitative estimate of drug-likeness (QED) is 0.652. The van der Waals surface area contributed by atoms with Crippen molar-refractivity contribution in [2.24, 2.45) is 0 Å². The molecule has 5 heteroatoms. The molecule has 5 nitrogen and oxygen atoms in total. The average Bonchev–Trinajstić information content (AvgIpc) is 2.67. The normalized spacial score (nSPS) is 12.5. The number of carbonyl (C=O) groups excluding carboxylic acids is 1. The molecule has 1 rings (SSSR count). The van der Waals surface area contributed by atoms with Crippen molar-refractivity contribution in [3.8, 4) is 0 Å². The molecule has 0 saturated carbocycles. The highest BCUT2D eigenvalue weighted by Crippen LogP contribution is 2.14. The fourth-order valence-electron chi connectivity index (χ4n) is 0.934. The number of rotatable bonds is 3. The van der Waals surface area contributed by atoms with Crippen LogP contribution >= 0.6 is 0 Å². The molecule has 1 aromatic rings. The predicted octanol–water partition coefficient (Wildman–Crippen LogP) is 0.798. The fourth-order valence-corrected chi connectivity index (χ4v) is 0.934. The van der Waals surface area contributed by atoms with Crippen molar-refractivity contribution in [2.45, 2.75) is 12.8 Å². The molecule has 0 radical (unpaired) electrons. The molecule has 0 bridgehead atoms. The van der Waals surface area contributed by atoms with Crippen LogP contribution < -0.4 is 0 Å². The number of hydrogen-bond acceptors (Lipinski definition) is 4. The summed E-state index contributed by atoms with van der Waals surface area (Å²) in [4.78, 5) is 16.2. The number of amides is 1. The molecule has 1 aromatic heterocycles. The lowest BCUT2D eigenvalue weighted by molar-refractivity contribution is -0.170. The molecule has 1 unspecified atom stereocenters. The highest BCUT2D eigenvalue weighted by Gasteiger charge is 2.21. The summed E-state index contributed by atoms with van der Waals surface area (Å²) in [6, 6.07) is 1.66. The van der Waals surface area contributed by atoms with E-state index in [1.165, 1.54) is 18.4 Å². The Hall–Kier alpha value is -1.36. The second-order valence-corrected chi connectivity index (χ2v) is 2.66. The monoisotopic (exact) mass is 184 g/mol. The second kappa shape index (κ2) is 4.04. The minimum Gasteiger partial charge on any atom is -0.364 e. The number of hydroxylamine groups is 2. The molecule has 1 heterocycles. The third-order valence-corrected chi connectivity index (χ3v) is 1.86. The minimum atomic E-state index is -0.344. The molecule has 0 aliphatic rings. The minimum absolute atomic E-state index is 0.156. The van der Waals surface area contributed by atoms with Gasteiger partial charge in [-0.25, -0.2) is 5.06 Å². The van der Waals surface area contributed by atoms with E-state index in [1.807, 2.05) is 0 Å². The van der Waals surface area contributed by atoms with Gasteiger partial charge in [0.25, 0.3) is 5.91 Å². The molecule has 0 aliphatic carbocycles. The first kappa shape index (κ1) is 9.73. The van der Waals surface area contributed by atoms with Crippen LogP contribution in [0.2, 0.25) is 0 Å². The number of hydrogen-bond donors (Lipinski definition) is 0. The van der Waals surface area contributed by atoms with Crippen molar-refractivity contribution in [1.29, 1.82) is 0 Å². The Bertz CT molecular complexity index is 271. The van der Waals surface area contributed by atoms with E-state index in [-0.39, 0.29) is 11.8 Å². The van der Waals surface area contributed by atoms with E-state index in [0.717, 1.165) is 0 Å². The Morgan fingerprint density at radius 3 is 2.92 bits per heavy atom. The van der Waals surface area contributed by atoms with E-state index in [2.05, 4.69) is 9.68 Å². The van der Waals surface area contributed by atoms with Crippen LogP contribution in [0.25, 0.3) is 0 Å². The van der Waals surface area contributed by atoms with Gasteiger partial charge in [-0.3, -0.25) is 9.63 Å². The fraction of sp³-hybridized carbons (Fsp3) is 0.500. The summed E-state index contributed by atoms with van der Waals surface area (Å²) in [6.07, 6.45) is 1.44. The van der Waals surface area contributed by atoms with Gasteiger partial charge < -0.3 is 4.52 Å². The summed E-state index contributed by atoms with van der Waals surface area (Å²) in [6.45, 7) is 1.75. The van der Waals surface area contributed by atoms with Gasteiger partial charge in [0.1, 0.15) is 6.26 Å². The van der Waals surface area contributed by atoms with Gasteiger partial charge in [-0.15, -0.1) is 0 Å². The first-order chi connectivity index (χ1) is 6.16. The van der Waals surface area contributed by atoms with E-state index in [4.69, 9.17) is 4.84 Å². The van der Waals surface area contributed by atoms with Crippen molar-refractivity contribution in [1.82, 2.24) is 10.2 Å². The van der Waals surface area contributed by atoms with Crippen LogP contribution in [0.3, 0.4) is 0 Å². The Balaban J connectivity index is 2.68. The van der Waals surface area contributed by atoms with Crippen LogP contribution in [0.15, 0.2) is 16.9 Å². The molecule has 1 amide bonds.